The van der Waals surface area contributed by atoms with Crippen LogP contribution in [0.5, 0.6) is 0 Å². The fourth-order valence-corrected chi connectivity index (χ4v) is 4.29. The van der Waals surface area contributed by atoms with Gasteiger partial charge in [0.2, 0.25) is 0 Å². The van der Waals surface area contributed by atoms with Gasteiger partial charge in [-0.3, -0.25) is 0 Å². The number of alkyl carbamates (subject to hydrolysis) is 1. The van der Waals surface area contributed by atoms with Crippen molar-refractivity contribution in [1.29, 1.82) is 0 Å². The van der Waals surface area contributed by atoms with E-state index in [1.807, 2.05) is 31.2 Å². The van der Waals surface area contributed by atoms with Gasteiger partial charge < -0.3 is 14.8 Å². The smallest absolute Gasteiger partial charge is 0.407 e. The number of carbonyl (C=O) groups is 2. The lowest BCUT2D eigenvalue weighted by atomic mass is 9.98. The monoisotopic (exact) mass is 437 g/mol. The summed E-state index contributed by atoms with van der Waals surface area (Å²) in [6, 6.07) is 15.6. The van der Waals surface area contributed by atoms with Crippen LogP contribution in [0.2, 0.25) is 0 Å². The van der Waals surface area contributed by atoms with Crippen molar-refractivity contribution in [3.8, 4) is 11.1 Å². The standard InChI is InChI=1S/C27H35NO4/c1-4-6-7-8-13-20(5-2)32-26(29)19(3)28-27(30)31-18-25-23-16-11-9-14-21(23)22-15-10-12-17-24(22)25/h9-12,14-17,19-20,25H,4-8,13,18H2,1-3H3,(H,28,30)/t19-,20+/m0/s1. The molecule has 0 bridgehead atoms. The van der Waals surface area contributed by atoms with E-state index in [-0.39, 0.29) is 18.6 Å². The number of hydrogen-bond donors (Lipinski definition) is 1. The Kier molecular flexibility index (Phi) is 8.72. The SMILES string of the molecule is CCCCCC[C@@H](CC)OC(=O)[C@H](C)NC(=O)OCC1c2ccccc2-c2ccccc21. The number of carbonyl (C=O) groups excluding carboxylic acids is 2. The quantitative estimate of drug-likeness (QED) is 0.335. The second-order valence-corrected chi connectivity index (χ2v) is 8.51. The zero-order valence-corrected chi connectivity index (χ0v) is 19.4. The third-order valence-electron chi connectivity index (χ3n) is 6.15. The van der Waals surface area contributed by atoms with Gasteiger partial charge in [0.15, 0.2) is 0 Å². The molecule has 0 unspecified atom stereocenters. The predicted octanol–water partition coefficient (Wildman–Crippen LogP) is 6.21. The highest BCUT2D eigenvalue weighted by Gasteiger charge is 2.29. The maximum atomic E-state index is 12.4. The molecule has 5 heteroatoms. The van der Waals surface area contributed by atoms with Crippen molar-refractivity contribution in [2.75, 3.05) is 6.61 Å². The van der Waals surface area contributed by atoms with E-state index in [9.17, 15) is 9.59 Å². The van der Waals surface area contributed by atoms with Crippen molar-refractivity contribution < 1.29 is 19.1 Å². The fraction of sp³-hybridized carbons (Fsp3) is 0.481. The Morgan fingerprint density at radius 3 is 2.16 bits per heavy atom. The van der Waals surface area contributed by atoms with E-state index in [1.165, 1.54) is 24.0 Å². The summed E-state index contributed by atoms with van der Waals surface area (Å²) in [5.41, 5.74) is 4.67. The Morgan fingerprint density at radius 1 is 0.938 bits per heavy atom. The number of unbranched alkanes of at least 4 members (excludes halogenated alkanes) is 3. The molecule has 0 aromatic heterocycles. The van der Waals surface area contributed by atoms with Crippen molar-refractivity contribution in [3.05, 3.63) is 59.7 Å². The summed E-state index contributed by atoms with van der Waals surface area (Å²) in [6.07, 6.45) is 5.50. The first kappa shape index (κ1) is 23.8. The number of esters is 1. The zero-order chi connectivity index (χ0) is 22.9. The van der Waals surface area contributed by atoms with Crippen molar-refractivity contribution in [2.24, 2.45) is 0 Å². The van der Waals surface area contributed by atoms with Gasteiger partial charge in [0, 0.05) is 5.92 Å². The van der Waals surface area contributed by atoms with E-state index in [1.54, 1.807) is 6.92 Å². The van der Waals surface area contributed by atoms with Crippen LogP contribution in [0.4, 0.5) is 4.79 Å². The molecule has 1 aliphatic carbocycles. The summed E-state index contributed by atoms with van der Waals surface area (Å²) in [7, 11) is 0. The van der Waals surface area contributed by atoms with E-state index >= 15 is 0 Å². The molecule has 32 heavy (non-hydrogen) atoms. The first-order chi connectivity index (χ1) is 15.5. The lowest BCUT2D eigenvalue weighted by molar-refractivity contribution is -0.151. The molecule has 0 saturated carbocycles. The van der Waals surface area contributed by atoms with Crippen LogP contribution < -0.4 is 5.32 Å². The molecule has 172 valence electrons. The molecule has 2 atom stereocenters. The second-order valence-electron chi connectivity index (χ2n) is 8.51. The van der Waals surface area contributed by atoms with E-state index < -0.39 is 18.1 Å². The molecule has 1 aliphatic rings. The van der Waals surface area contributed by atoms with Gasteiger partial charge in [-0.25, -0.2) is 9.59 Å². The molecule has 2 aromatic carbocycles. The Morgan fingerprint density at radius 2 is 1.56 bits per heavy atom. The zero-order valence-electron chi connectivity index (χ0n) is 19.4. The molecule has 0 fully saturated rings. The van der Waals surface area contributed by atoms with Crippen LogP contribution in [-0.2, 0) is 14.3 Å². The molecular formula is C27H35NO4. The number of hydrogen-bond acceptors (Lipinski definition) is 4. The average Bonchev–Trinajstić information content (AvgIpc) is 3.13. The van der Waals surface area contributed by atoms with Crippen molar-refractivity contribution in [1.82, 2.24) is 5.32 Å². The summed E-state index contributed by atoms with van der Waals surface area (Å²) in [5, 5.41) is 2.62. The number of benzene rings is 2. The summed E-state index contributed by atoms with van der Waals surface area (Å²) in [5.74, 6) is -0.427. The van der Waals surface area contributed by atoms with Gasteiger partial charge in [0.1, 0.15) is 18.8 Å². The highest BCUT2D eigenvalue weighted by molar-refractivity contribution is 5.81. The van der Waals surface area contributed by atoms with Gasteiger partial charge in [0.25, 0.3) is 0 Å². The van der Waals surface area contributed by atoms with E-state index in [4.69, 9.17) is 9.47 Å². The maximum Gasteiger partial charge on any atom is 0.407 e. The minimum Gasteiger partial charge on any atom is -0.461 e. The Balaban J connectivity index is 1.50. The first-order valence-corrected chi connectivity index (χ1v) is 11.9. The van der Waals surface area contributed by atoms with Crippen LogP contribution in [0, 0.1) is 0 Å². The molecule has 5 nitrogen and oxygen atoms in total. The minimum absolute atomic E-state index is 0.0111. The van der Waals surface area contributed by atoms with Crippen LogP contribution in [0.3, 0.4) is 0 Å². The Hall–Kier alpha value is -2.82. The molecule has 0 spiro atoms. The van der Waals surface area contributed by atoms with Gasteiger partial charge in [-0.15, -0.1) is 0 Å². The van der Waals surface area contributed by atoms with E-state index in [0.717, 1.165) is 36.8 Å². The Labute approximate surface area is 191 Å². The molecule has 2 aromatic rings. The molecule has 1 N–H and O–H groups in total. The number of nitrogens with one attached hydrogen (secondary N) is 1. The van der Waals surface area contributed by atoms with Gasteiger partial charge in [-0.1, -0.05) is 81.6 Å². The normalized spacial score (nSPS) is 14.2. The largest absolute Gasteiger partial charge is 0.461 e. The van der Waals surface area contributed by atoms with E-state index in [2.05, 4.69) is 36.5 Å². The summed E-state index contributed by atoms with van der Waals surface area (Å²) in [4.78, 5) is 24.8. The minimum atomic E-state index is -0.754. The second kappa shape index (κ2) is 11.7. The number of amides is 1. The third kappa shape index (κ3) is 5.90. The third-order valence-corrected chi connectivity index (χ3v) is 6.15. The summed E-state index contributed by atoms with van der Waals surface area (Å²) < 4.78 is 11.1. The van der Waals surface area contributed by atoms with Crippen molar-refractivity contribution in [3.63, 3.8) is 0 Å². The van der Waals surface area contributed by atoms with Crippen LogP contribution in [-0.4, -0.2) is 30.8 Å². The lowest BCUT2D eigenvalue weighted by Crippen LogP contribution is -2.41. The summed E-state index contributed by atoms with van der Waals surface area (Å²) in [6.45, 7) is 6.04. The molecule has 3 rings (SSSR count). The average molecular weight is 438 g/mol. The molecular weight excluding hydrogens is 402 g/mol. The van der Waals surface area contributed by atoms with E-state index in [0.29, 0.717) is 0 Å². The molecule has 0 heterocycles. The van der Waals surface area contributed by atoms with Gasteiger partial charge in [-0.2, -0.15) is 0 Å². The topological polar surface area (TPSA) is 64.6 Å². The van der Waals surface area contributed by atoms with Crippen LogP contribution in [0.1, 0.15) is 76.3 Å². The lowest BCUT2D eigenvalue weighted by Gasteiger charge is -2.20. The maximum absolute atomic E-state index is 12.4. The van der Waals surface area contributed by atoms with Crippen LogP contribution in [0.15, 0.2) is 48.5 Å². The van der Waals surface area contributed by atoms with Gasteiger partial charge in [0.05, 0.1) is 0 Å². The first-order valence-electron chi connectivity index (χ1n) is 11.9. The summed E-state index contributed by atoms with van der Waals surface area (Å²) >= 11 is 0. The fourth-order valence-electron chi connectivity index (χ4n) is 4.29. The van der Waals surface area contributed by atoms with Crippen LogP contribution in [0.25, 0.3) is 11.1 Å². The molecule has 0 saturated heterocycles. The predicted molar refractivity (Wildman–Crippen MR) is 127 cm³/mol. The number of rotatable bonds is 11. The van der Waals surface area contributed by atoms with Crippen molar-refractivity contribution >= 4 is 12.1 Å². The highest BCUT2D eigenvalue weighted by Crippen LogP contribution is 2.44. The van der Waals surface area contributed by atoms with Crippen molar-refractivity contribution in [2.45, 2.75) is 77.4 Å². The Bertz CT molecular complexity index is 865. The number of ether oxygens (including phenoxy) is 2. The molecule has 0 aliphatic heterocycles. The van der Waals surface area contributed by atoms with Crippen LogP contribution >= 0.6 is 0 Å². The van der Waals surface area contributed by atoms with Gasteiger partial charge >= 0.3 is 12.1 Å². The molecule has 0 radical (unpaired) electrons. The number of fused-ring (bicyclic) bond motifs is 3. The molecule has 1 amide bonds. The van der Waals surface area contributed by atoms with Gasteiger partial charge in [-0.05, 0) is 48.4 Å². The highest BCUT2D eigenvalue weighted by atomic mass is 16.6.